The van der Waals surface area contributed by atoms with Crippen LogP contribution in [0.3, 0.4) is 0 Å². The Hall–Kier alpha value is -4.31. The van der Waals surface area contributed by atoms with E-state index >= 15 is 0 Å². The largest absolute Gasteiger partial charge is 0.497 e. The summed E-state index contributed by atoms with van der Waals surface area (Å²) in [6.07, 6.45) is 0.256. The Kier molecular flexibility index (Phi) is 9.44. The number of methoxy groups -OCH3 is 1. The molecule has 0 aliphatic rings. The maximum Gasteiger partial charge on any atom is 0.449 e. The van der Waals surface area contributed by atoms with E-state index in [2.05, 4.69) is 11.9 Å². The van der Waals surface area contributed by atoms with E-state index in [1.165, 1.54) is 11.8 Å². The van der Waals surface area contributed by atoms with Crippen molar-refractivity contribution in [1.82, 2.24) is 10.0 Å². The van der Waals surface area contributed by atoms with Crippen LogP contribution in [0.25, 0.3) is 10.8 Å². The summed E-state index contributed by atoms with van der Waals surface area (Å²) in [4.78, 5) is 36.9. The number of amides is 1. The van der Waals surface area contributed by atoms with Crippen molar-refractivity contribution < 1.29 is 33.1 Å². The first-order chi connectivity index (χ1) is 19.3. The van der Waals surface area contributed by atoms with Gasteiger partial charge in [-0.2, -0.15) is 0 Å². The molecule has 0 spiro atoms. The third-order valence-corrected chi connectivity index (χ3v) is 7.05. The molecule has 10 heteroatoms. The van der Waals surface area contributed by atoms with E-state index in [-0.39, 0.29) is 0 Å². The molecule has 0 bridgehead atoms. The van der Waals surface area contributed by atoms with Crippen LogP contribution in [-0.2, 0) is 16.1 Å². The zero-order chi connectivity index (χ0) is 28.6. The van der Waals surface area contributed by atoms with Gasteiger partial charge >= 0.3 is 12.1 Å². The van der Waals surface area contributed by atoms with Crippen molar-refractivity contribution in [3.8, 4) is 28.0 Å². The van der Waals surface area contributed by atoms with Crippen LogP contribution < -0.4 is 14.2 Å². The molecule has 0 saturated heterocycles. The van der Waals surface area contributed by atoms with Crippen molar-refractivity contribution >= 4 is 23.4 Å². The number of aryl methyl sites for hydroxylation is 2. The van der Waals surface area contributed by atoms with Crippen LogP contribution in [0.5, 0.6) is 17.2 Å². The van der Waals surface area contributed by atoms with Crippen LogP contribution in [0.1, 0.15) is 48.2 Å². The lowest BCUT2D eigenvalue weighted by atomic mass is 10.0. The summed E-state index contributed by atoms with van der Waals surface area (Å²) in [7, 11) is 1.55. The van der Waals surface area contributed by atoms with Crippen LogP contribution in [0.2, 0.25) is 0 Å². The van der Waals surface area contributed by atoms with Gasteiger partial charge < -0.3 is 23.5 Å². The van der Waals surface area contributed by atoms with Crippen molar-refractivity contribution in [3.05, 3.63) is 82.6 Å². The second-order valence-corrected chi connectivity index (χ2v) is 10.3. The van der Waals surface area contributed by atoms with E-state index in [1.807, 2.05) is 50.2 Å². The highest BCUT2D eigenvalue weighted by Gasteiger charge is 2.29. The highest BCUT2D eigenvalue weighted by atomic mass is 32.1. The van der Waals surface area contributed by atoms with Gasteiger partial charge in [0.2, 0.25) is 5.89 Å². The van der Waals surface area contributed by atoms with Gasteiger partial charge in [0.05, 0.1) is 30.3 Å². The molecule has 0 saturated carbocycles. The fourth-order valence-corrected chi connectivity index (χ4v) is 4.85. The smallest absolute Gasteiger partial charge is 0.449 e. The third-order valence-electron chi connectivity index (χ3n) is 6.06. The van der Waals surface area contributed by atoms with Gasteiger partial charge in [0.1, 0.15) is 23.0 Å². The van der Waals surface area contributed by atoms with E-state index in [0.717, 1.165) is 27.0 Å². The van der Waals surface area contributed by atoms with E-state index < -0.39 is 18.1 Å². The van der Waals surface area contributed by atoms with Crippen LogP contribution in [0.15, 0.2) is 65.1 Å². The van der Waals surface area contributed by atoms with Gasteiger partial charge in [0, 0.05) is 18.2 Å². The topological polar surface area (TPSA) is 100 Å². The molecule has 1 amide bonds. The minimum absolute atomic E-state index is 0.293. The third kappa shape index (κ3) is 7.20. The van der Waals surface area contributed by atoms with Crippen LogP contribution in [0.4, 0.5) is 4.79 Å². The van der Waals surface area contributed by atoms with Crippen LogP contribution in [0, 0.1) is 13.8 Å². The van der Waals surface area contributed by atoms with Gasteiger partial charge in [-0.05, 0) is 74.4 Å². The van der Waals surface area contributed by atoms with E-state index in [4.69, 9.17) is 23.5 Å². The van der Waals surface area contributed by atoms with E-state index in [9.17, 15) is 9.59 Å². The first kappa shape index (κ1) is 28.7. The first-order valence-corrected chi connectivity index (χ1v) is 13.7. The Labute approximate surface area is 237 Å². The standard InChI is InChI=1S/C30H32N2O7S/c1-6-27(32(39-21(4)33)30(34)38-25-14-12-23(35-5)13-15-25)22-8-10-24(11-9-22)36-18-17-26-20(3)37-29(31-26)28-16-7-19(2)40-28/h7-16,27H,6,17-18H2,1-5H3. The van der Waals surface area contributed by atoms with Gasteiger partial charge in [-0.1, -0.05) is 19.1 Å². The van der Waals surface area contributed by atoms with Gasteiger partial charge in [0.25, 0.3) is 0 Å². The number of benzene rings is 2. The number of hydroxylamine groups is 2. The Balaban J connectivity index is 1.39. The zero-order valence-corrected chi connectivity index (χ0v) is 23.9. The summed E-state index contributed by atoms with van der Waals surface area (Å²) in [6.45, 7) is 7.49. The highest BCUT2D eigenvalue weighted by molar-refractivity contribution is 7.15. The molecule has 40 heavy (non-hydrogen) atoms. The maximum atomic E-state index is 13.0. The SMILES string of the molecule is CCC(c1ccc(OCCc2nc(-c3ccc(C)s3)oc2C)cc1)N(OC(C)=O)C(=O)Oc1ccc(OC)cc1. The molecule has 9 nitrogen and oxygen atoms in total. The average Bonchev–Trinajstić information content (AvgIpc) is 3.54. The summed E-state index contributed by atoms with van der Waals surface area (Å²) in [5.41, 5.74) is 1.61. The Bertz CT molecular complexity index is 1430. The minimum Gasteiger partial charge on any atom is -0.497 e. The molecular weight excluding hydrogens is 532 g/mol. The van der Waals surface area contributed by atoms with Crippen LogP contribution >= 0.6 is 11.3 Å². The fraction of sp³-hybridized carbons (Fsp3) is 0.300. The highest BCUT2D eigenvalue weighted by Crippen LogP contribution is 2.30. The Morgan fingerprint density at radius 1 is 0.975 bits per heavy atom. The van der Waals surface area contributed by atoms with Gasteiger partial charge in [-0.15, -0.1) is 16.4 Å². The molecule has 0 aliphatic carbocycles. The minimum atomic E-state index is -0.812. The normalized spacial score (nSPS) is 11.5. The molecule has 2 heterocycles. The second kappa shape index (κ2) is 13.2. The molecule has 0 N–H and O–H groups in total. The lowest BCUT2D eigenvalue weighted by Crippen LogP contribution is -2.38. The molecule has 4 rings (SSSR count). The van der Waals surface area contributed by atoms with Crippen molar-refractivity contribution in [2.24, 2.45) is 0 Å². The molecule has 1 unspecified atom stereocenters. The predicted molar refractivity (Wildman–Crippen MR) is 151 cm³/mol. The second-order valence-electron chi connectivity index (χ2n) is 8.98. The number of aromatic nitrogens is 1. The molecule has 2 aromatic carbocycles. The number of oxazole rings is 1. The molecule has 0 radical (unpaired) electrons. The van der Waals surface area contributed by atoms with Gasteiger partial charge in [-0.25, -0.2) is 9.78 Å². The Morgan fingerprint density at radius 3 is 2.25 bits per heavy atom. The predicted octanol–water partition coefficient (Wildman–Crippen LogP) is 7.08. The summed E-state index contributed by atoms with van der Waals surface area (Å²) in [6, 6.07) is 17.3. The number of hydrogen-bond donors (Lipinski definition) is 0. The van der Waals surface area contributed by atoms with E-state index in [0.29, 0.717) is 42.6 Å². The van der Waals surface area contributed by atoms with Crippen molar-refractivity contribution in [2.75, 3.05) is 13.7 Å². The molecule has 4 aromatic rings. The van der Waals surface area contributed by atoms with Gasteiger partial charge in [-0.3, -0.25) is 4.79 Å². The van der Waals surface area contributed by atoms with Crippen molar-refractivity contribution in [3.63, 3.8) is 0 Å². The molecular formula is C30H32N2O7S. The summed E-state index contributed by atoms with van der Waals surface area (Å²) < 4.78 is 22.4. The lowest BCUT2D eigenvalue weighted by molar-refractivity contribution is -0.186. The zero-order valence-electron chi connectivity index (χ0n) is 23.1. The summed E-state index contributed by atoms with van der Waals surface area (Å²) in [5, 5.41) is 0.961. The maximum absolute atomic E-state index is 13.0. The molecule has 1 atom stereocenters. The molecule has 0 fully saturated rings. The lowest BCUT2D eigenvalue weighted by Gasteiger charge is -2.28. The quantitative estimate of drug-likeness (QED) is 0.188. The van der Waals surface area contributed by atoms with E-state index in [1.54, 1.807) is 42.7 Å². The Morgan fingerprint density at radius 2 is 1.65 bits per heavy atom. The van der Waals surface area contributed by atoms with Crippen LogP contribution in [-0.4, -0.2) is 35.8 Å². The molecule has 210 valence electrons. The monoisotopic (exact) mass is 564 g/mol. The number of ether oxygens (including phenoxy) is 3. The average molecular weight is 565 g/mol. The van der Waals surface area contributed by atoms with Crippen molar-refractivity contribution in [2.45, 2.75) is 46.6 Å². The number of nitrogens with zero attached hydrogens (tertiary/aromatic N) is 2. The number of carbonyl (C=O) groups is 2. The summed E-state index contributed by atoms with van der Waals surface area (Å²) in [5.74, 6) is 2.35. The van der Waals surface area contributed by atoms with Gasteiger partial charge in [0.15, 0.2) is 0 Å². The summed E-state index contributed by atoms with van der Waals surface area (Å²) >= 11 is 1.65. The number of rotatable bonds is 10. The number of carbonyl (C=O) groups excluding carboxylic acids is 2. The first-order valence-electron chi connectivity index (χ1n) is 12.9. The number of thiophene rings is 1. The molecule has 2 aromatic heterocycles. The molecule has 0 aliphatic heterocycles. The number of hydrogen-bond acceptors (Lipinski definition) is 9. The van der Waals surface area contributed by atoms with Crippen molar-refractivity contribution in [1.29, 1.82) is 0 Å². The fourth-order valence-electron chi connectivity index (χ4n) is 4.06.